The van der Waals surface area contributed by atoms with E-state index in [0.717, 1.165) is 10.9 Å². The fraction of sp³-hybridized carbons (Fsp3) is 0.350. The Balaban J connectivity index is 1.63. The number of aromatic nitrogens is 2. The summed E-state index contributed by atoms with van der Waals surface area (Å²) in [5.41, 5.74) is 2.26. The first-order valence-electron chi connectivity index (χ1n) is 8.80. The zero-order valence-corrected chi connectivity index (χ0v) is 15.9. The molecule has 0 radical (unpaired) electrons. The standard InChI is InChI=1S/C20H23N3O4/c1-11(21-9-15-7-19(24)23-14(4)22-15)10-26-16-5-6-17-12(2)13(3)20(25)27-18(17)8-16/h5-8,11,21H,9-10H2,1-4H3,(H,22,23,24). The third-order valence-corrected chi connectivity index (χ3v) is 4.47. The van der Waals surface area contributed by atoms with Crippen LogP contribution in [0.5, 0.6) is 5.75 Å². The first-order chi connectivity index (χ1) is 12.8. The third kappa shape index (κ3) is 4.43. The molecule has 7 heteroatoms. The molecule has 0 spiro atoms. The number of aryl methyl sites for hydroxylation is 2. The lowest BCUT2D eigenvalue weighted by Gasteiger charge is -2.15. The van der Waals surface area contributed by atoms with Crippen LogP contribution in [0.2, 0.25) is 0 Å². The van der Waals surface area contributed by atoms with Crippen molar-refractivity contribution in [3.05, 3.63) is 67.7 Å². The Kier molecular flexibility index (Phi) is 5.41. The van der Waals surface area contributed by atoms with E-state index in [1.807, 2.05) is 26.0 Å². The van der Waals surface area contributed by atoms with E-state index >= 15 is 0 Å². The molecule has 142 valence electrons. The molecule has 0 aliphatic carbocycles. The monoisotopic (exact) mass is 369 g/mol. The zero-order chi connectivity index (χ0) is 19.6. The van der Waals surface area contributed by atoms with Gasteiger partial charge in [0.25, 0.3) is 5.56 Å². The summed E-state index contributed by atoms with van der Waals surface area (Å²) in [6.45, 7) is 8.29. The minimum absolute atomic E-state index is 0.0360. The predicted octanol–water partition coefficient (Wildman–Crippen LogP) is 2.36. The third-order valence-electron chi connectivity index (χ3n) is 4.47. The van der Waals surface area contributed by atoms with Gasteiger partial charge in [0.1, 0.15) is 23.8 Å². The summed E-state index contributed by atoms with van der Waals surface area (Å²) >= 11 is 0. The summed E-state index contributed by atoms with van der Waals surface area (Å²) < 4.78 is 11.2. The summed E-state index contributed by atoms with van der Waals surface area (Å²) in [5.74, 6) is 1.22. The SMILES string of the molecule is Cc1nc(CNC(C)COc2ccc3c(C)c(C)c(=O)oc3c2)cc(=O)[nH]1. The normalized spacial score (nSPS) is 12.3. The van der Waals surface area contributed by atoms with Crippen molar-refractivity contribution in [3.63, 3.8) is 0 Å². The van der Waals surface area contributed by atoms with Gasteiger partial charge in [0, 0.05) is 35.7 Å². The van der Waals surface area contributed by atoms with Gasteiger partial charge in [-0.05, 0) is 45.4 Å². The zero-order valence-electron chi connectivity index (χ0n) is 15.9. The molecular formula is C20H23N3O4. The molecule has 0 saturated heterocycles. The van der Waals surface area contributed by atoms with Crippen molar-refractivity contribution in [2.75, 3.05) is 6.61 Å². The van der Waals surface area contributed by atoms with E-state index in [4.69, 9.17) is 9.15 Å². The first kappa shape index (κ1) is 18.8. The maximum atomic E-state index is 11.9. The largest absolute Gasteiger partial charge is 0.492 e. The van der Waals surface area contributed by atoms with E-state index in [9.17, 15) is 9.59 Å². The van der Waals surface area contributed by atoms with Crippen LogP contribution in [0.15, 0.2) is 38.3 Å². The maximum Gasteiger partial charge on any atom is 0.339 e. The van der Waals surface area contributed by atoms with E-state index < -0.39 is 0 Å². The maximum absolute atomic E-state index is 11.9. The fourth-order valence-electron chi connectivity index (χ4n) is 2.81. The van der Waals surface area contributed by atoms with Crippen LogP contribution in [-0.4, -0.2) is 22.6 Å². The molecule has 2 N–H and O–H groups in total. The van der Waals surface area contributed by atoms with Gasteiger partial charge in [-0.3, -0.25) is 4.79 Å². The lowest BCUT2D eigenvalue weighted by molar-refractivity contribution is 0.272. The Morgan fingerprint density at radius 1 is 1.19 bits per heavy atom. The Morgan fingerprint density at radius 3 is 2.70 bits per heavy atom. The molecule has 1 aromatic carbocycles. The molecule has 27 heavy (non-hydrogen) atoms. The molecular weight excluding hydrogens is 346 g/mol. The molecule has 0 aliphatic heterocycles. The van der Waals surface area contributed by atoms with Crippen LogP contribution in [0.4, 0.5) is 0 Å². The number of hydrogen-bond acceptors (Lipinski definition) is 6. The first-order valence-corrected chi connectivity index (χ1v) is 8.80. The predicted molar refractivity (Wildman–Crippen MR) is 103 cm³/mol. The van der Waals surface area contributed by atoms with Crippen molar-refractivity contribution in [1.29, 1.82) is 0 Å². The van der Waals surface area contributed by atoms with Gasteiger partial charge in [0.15, 0.2) is 0 Å². The van der Waals surface area contributed by atoms with E-state index in [2.05, 4.69) is 15.3 Å². The summed E-state index contributed by atoms with van der Waals surface area (Å²) in [6.07, 6.45) is 0. The second-order valence-corrected chi connectivity index (χ2v) is 6.71. The van der Waals surface area contributed by atoms with Crippen molar-refractivity contribution in [2.24, 2.45) is 0 Å². The topological polar surface area (TPSA) is 97.2 Å². The molecule has 1 atom stereocenters. The number of ether oxygens (including phenoxy) is 1. The van der Waals surface area contributed by atoms with Crippen LogP contribution in [0.25, 0.3) is 11.0 Å². The van der Waals surface area contributed by atoms with Gasteiger partial charge in [0.2, 0.25) is 0 Å². The Labute approximate surface area is 156 Å². The smallest absolute Gasteiger partial charge is 0.339 e. The highest BCUT2D eigenvalue weighted by atomic mass is 16.5. The number of aromatic amines is 1. The molecule has 3 aromatic rings. The van der Waals surface area contributed by atoms with Gasteiger partial charge in [-0.2, -0.15) is 0 Å². The van der Waals surface area contributed by atoms with Crippen LogP contribution >= 0.6 is 0 Å². The van der Waals surface area contributed by atoms with Gasteiger partial charge >= 0.3 is 5.63 Å². The van der Waals surface area contributed by atoms with Crippen LogP contribution in [-0.2, 0) is 6.54 Å². The molecule has 0 fully saturated rings. The van der Waals surface area contributed by atoms with Gasteiger partial charge in [-0.1, -0.05) is 0 Å². The highest BCUT2D eigenvalue weighted by Crippen LogP contribution is 2.23. The van der Waals surface area contributed by atoms with E-state index in [1.54, 1.807) is 19.9 Å². The van der Waals surface area contributed by atoms with Crippen LogP contribution < -0.4 is 21.2 Å². The van der Waals surface area contributed by atoms with Gasteiger partial charge in [0.05, 0.1) is 5.69 Å². The lowest BCUT2D eigenvalue weighted by atomic mass is 10.1. The van der Waals surface area contributed by atoms with Crippen LogP contribution in [0.3, 0.4) is 0 Å². The summed E-state index contributed by atoms with van der Waals surface area (Å²) in [7, 11) is 0. The van der Waals surface area contributed by atoms with E-state index in [-0.39, 0.29) is 17.2 Å². The van der Waals surface area contributed by atoms with Gasteiger partial charge in [-0.25, -0.2) is 9.78 Å². The van der Waals surface area contributed by atoms with Crippen molar-refractivity contribution >= 4 is 11.0 Å². The number of rotatable bonds is 6. The second-order valence-electron chi connectivity index (χ2n) is 6.71. The molecule has 7 nitrogen and oxygen atoms in total. The van der Waals surface area contributed by atoms with Crippen molar-refractivity contribution in [2.45, 2.75) is 40.3 Å². The Bertz CT molecular complexity index is 1080. The molecule has 0 amide bonds. The number of nitrogens with zero attached hydrogens (tertiary/aromatic N) is 1. The number of benzene rings is 1. The Morgan fingerprint density at radius 2 is 1.96 bits per heavy atom. The molecule has 2 aromatic heterocycles. The average molecular weight is 369 g/mol. The molecule has 0 saturated carbocycles. The number of nitrogens with one attached hydrogen (secondary N) is 2. The van der Waals surface area contributed by atoms with Gasteiger partial charge in [-0.15, -0.1) is 0 Å². The van der Waals surface area contributed by atoms with E-state index in [0.29, 0.717) is 41.6 Å². The second kappa shape index (κ2) is 7.75. The summed E-state index contributed by atoms with van der Waals surface area (Å²) in [4.78, 5) is 30.2. The lowest BCUT2D eigenvalue weighted by Crippen LogP contribution is -2.32. The number of H-pyrrole nitrogens is 1. The molecule has 3 rings (SSSR count). The Hall–Kier alpha value is -2.93. The van der Waals surface area contributed by atoms with Crippen molar-refractivity contribution in [1.82, 2.24) is 15.3 Å². The quantitative estimate of drug-likeness (QED) is 0.648. The molecule has 1 unspecified atom stereocenters. The van der Waals surface area contributed by atoms with Crippen LogP contribution in [0, 0.1) is 20.8 Å². The highest BCUT2D eigenvalue weighted by Gasteiger charge is 2.10. The molecule has 0 aliphatic rings. The highest BCUT2D eigenvalue weighted by molar-refractivity contribution is 5.82. The minimum Gasteiger partial charge on any atom is -0.492 e. The molecule has 0 bridgehead atoms. The number of hydrogen-bond donors (Lipinski definition) is 2. The van der Waals surface area contributed by atoms with Crippen molar-refractivity contribution < 1.29 is 9.15 Å². The van der Waals surface area contributed by atoms with E-state index in [1.165, 1.54) is 6.07 Å². The number of fused-ring (bicyclic) bond motifs is 1. The minimum atomic E-state index is -0.326. The van der Waals surface area contributed by atoms with Crippen molar-refractivity contribution in [3.8, 4) is 5.75 Å². The molecule has 2 heterocycles. The van der Waals surface area contributed by atoms with Crippen LogP contribution in [0.1, 0.15) is 29.6 Å². The summed E-state index contributed by atoms with van der Waals surface area (Å²) in [6, 6.07) is 7.01. The van der Waals surface area contributed by atoms with Gasteiger partial charge < -0.3 is 19.5 Å². The fourth-order valence-corrected chi connectivity index (χ4v) is 2.81. The summed E-state index contributed by atoms with van der Waals surface area (Å²) in [5, 5.41) is 4.18. The average Bonchev–Trinajstić information content (AvgIpc) is 2.62.